The van der Waals surface area contributed by atoms with Gasteiger partial charge in [0.2, 0.25) is 5.91 Å². The third-order valence-electron chi connectivity index (χ3n) is 4.00. The van der Waals surface area contributed by atoms with E-state index >= 15 is 0 Å². The lowest BCUT2D eigenvalue weighted by molar-refractivity contribution is -0.123. The van der Waals surface area contributed by atoms with Crippen LogP contribution >= 0.6 is 0 Å². The van der Waals surface area contributed by atoms with Crippen LogP contribution < -0.4 is 10.6 Å². The number of carbonyl (C=O) groups excluding carboxylic acids is 1. The van der Waals surface area contributed by atoms with Crippen molar-refractivity contribution < 1.29 is 4.79 Å². The number of benzene rings is 1. The van der Waals surface area contributed by atoms with E-state index in [-0.39, 0.29) is 11.8 Å². The summed E-state index contributed by atoms with van der Waals surface area (Å²) in [4.78, 5) is 12.1. The summed E-state index contributed by atoms with van der Waals surface area (Å²) in [5.41, 5.74) is 1.31. The summed E-state index contributed by atoms with van der Waals surface area (Å²) in [6.07, 6.45) is 3.29. The molecule has 2 unspecified atom stereocenters. The molecule has 1 aromatic carbocycles. The summed E-state index contributed by atoms with van der Waals surface area (Å²) in [7, 11) is 0. The molecule has 0 radical (unpaired) electrons. The standard InChI is InChI=1S/C15H20N2O/c18-15(17-12-7-4-8-16-10-12)14-9-13(14)11-5-2-1-3-6-11/h1-3,5-6,12-14,16H,4,7-10H2,(H,17,18)/t12-,13?,14?/m1/s1. The topological polar surface area (TPSA) is 41.1 Å². The van der Waals surface area contributed by atoms with Crippen molar-refractivity contribution in [3.05, 3.63) is 35.9 Å². The summed E-state index contributed by atoms with van der Waals surface area (Å²) in [6.45, 7) is 2.01. The molecule has 1 heterocycles. The molecule has 96 valence electrons. The van der Waals surface area contributed by atoms with Gasteiger partial charge in [0.1, 0.15) is 0 Å². The fourth-order valence-corrected chi connectivity index (χ4v) is 2.84. The van der Waals surface area contributed by atoms with Gasteiger partial charge in [-0.3, -0.25) is 4.79 Å². The molecule has 1 saturated heterocycles. The molecule has 3 rings (SSSR count). The summed E-state index contributed by atoms with van der Waals surface area (Å²) >= 11 is 0. The molecule has 1 aliphatic carbocycles. The maximum atomic E-state index is 12.1. The number of hydrogen-bond donors (Lipinski definition) is 2. The van der Waals surface area contributed by atoms with Crippen molar-refractivity contribution in [3.63, 3.8) is 0 Å². The van der Waals surface area contributed by atoms with Gasteiger partial charge in [-0.15, -0.1) is 0 Å². The lowest BCUT2D eigenvalue weighted by atomic mass is 10.1. The molecule has 3 heteroatoms. The SMILES string of the molecule is O=C(N[C@@H]1CCCNC1)C1CC1c1ccccc1. The number of rotatable bonds is 3. The molecule has 1 amide bonds. The zero-order valence-electron chi connectivity index (χ0n) is 10.6. The van der Waals surface area contributed by atoms with E-state index in [1.807, 2.05) is 18.2 Å². The van der Waals surface area contributed by atoms with Crippen molar-refractivity contribution in [2.75, 3.05) is 13.1 Å². The second-order valence-electron chi connectivity index (χ2n) is 5.41. The zero-order chi connectivity index (χ0) is 12.4. The molecule has 0 aromatic heterocycles. The average molecular weight is 244 g/mol. The number of carbonyl (C=O) groups is 1. The van der Waals surface area contributed by atoms with Crippen LogP contribution in [0.25, 0.3) is 0 Å². The minimum atomic E-state index is 0.203. The molecule has 2 fully saturated rings. The Morgan fingerprint density at radius 2 is 2.11 bits per heavy atom. The van der Waals surface area contributed by atoms with Crippen LogP contribution in [0.2, 0.25) is 0 Å². The maximum absolute atomic E-state index is 12.1. The molecular formula is C15H20N2O. The first-order valence-electron chi connectivity index (χ1n) is 6.90. The Morgan fingerprint density at radius 1 is 1.28 bits per heavy atom. The van der Waals surface area contributed by atoms with Gasteiger partial charge in [0.05, 0.1) is 0 Å². The van der Waals surface area contributed by atoms with Gasteiger partial charge in [0.25, 0.3) is 0 Å². The van der Waals surface area contributed by atoms with Crippen LogP contribution in [0.15, 0.2) is 30.3 Å². The van der Waals surface area contributed by atoms with Crippen molar-refractivity contribution in [1.82, 2.24) is 10.6 Å². The zero-order valence-corrected chi connectivity index (χ0v) is 10.6. The second-order valence-corrected chi connectivity index (χ2v) is 5.41. The lowest BCUT2D eigenvalue weighted by Gasteiger charge is -2.23. The van der Waals surface area contributed by atoms with Crippen molar-refractivity contribution in [3.8, 4) is 0 Å². The number of piperidine rings is 1. The highest BCUT2D eigenvalue weighted by atomic mass is 16.2. The summed E-state index contributed by atoms with van der Waals surface area (Å²) in [6, 6.07) is 10.7. The molecular weight excluding hydrogens is 224 g/mol. The van der Waals surface area contributed by atoms with E-state index < -0.39 is 0 Å². The molecule has 1 saturated carbocycles. The highest BCUT2D eigenvalue weighted by molar-refractivity contribution is 5.83. The minimum Gasteiger partial charge on any atom is -0.352 e. The first-order valence-corrected chi connectivity index (χ1v) is 6.90. The predicted molar refractivity (Wildman–Crippen MR) is 71.3 cm³/mol. The van der Waals surface area contributed by atoms with Gasteiger partial charge in [0.15, 0.2) is 0 Å². The van der Waals surface area contributed by atoms with Crippen LogP contribution in [0.4, 0.5) is 0 Å². The van der Waals surface area contributed by atoms with Gasteiger partial charge < -0.3 is 10.6 Å². The van der Waals surface area contributed by atoms with E-state index in [0.717, 1.165) is 32.4 Å². The van der Waals surface area contributed by atoms with Gasteiger partial charge in [-0.2, -0.15) is 0 Å². The van der Waals surface area contributed by atoms with Crippen molar-refractivity contribution >= 4 is 5.91 Å². The number of amides is 1. The number of nitrogens with one attached hydrogen (secondary N) is 2. The molecule has 2 N–H and O–H groups in total. The van der Waals surface area contributed by atoms with E-state index in [2.05, 4.69) is 22.8 Å². The first-order chi connectivity index (χ1) is 8.84. The third-order valence-corrected chi connectivity index (χ3v) is 4.00. The van der Waals surface area contributed by atoms with E-state index in [1.165, 1.54) is 5.56 Å². The van der Waals surface area contributed by atoms with Gasteiger partial charge in [-0.1, -0.05) is 30.3 Å². The monoisotopic (exact) mass is 244 g/mol. The van der Waals surface area contributed by atoms with Gasteiger partial charge >= 0.3 is 0 Å². The quantitative estimate of drug-likeness (QED) is 0.849. The van der Waals surface area contributed by atoms with Crippen LogP contribution in [0, 0.1) is 5.92 Å². The Kier molecular flexibility index (Phi) is 3.33. The Hall–Kier alpha value is -1.35. The molecule has 3 atom stereocenters. The summed E-state index contributed by atoms with van der Waals surface area (Å²) in [5, 5.41) is 6.51. The second kappa shape index (κ2) is 5.11. The van der Waals surface area contributed by atoms with Gasteiger partial charge in [-0.05, 0) is 37.3 Å². The minimum absolute atomic E-state index is 0.203. The molecule has 1 aliphatic heterocycles. The Labute approximate surface area is 108 Å². The Bertz CT molecular complexity index is 412. The molecule has 18 heavy (non-hydrogen) atoms. The maximum Gasteiger partial charge on any atom is 0.224 e. The van der Waals surface area contributed by atoms with Gasteiger partial charge in [-0.25, -0.2) is 0 Å². The fraction of sp³-hybridized carbons (Fsp3) is 0.533. The van der Waals surface area contributed by atoms with Crippen molar-refractivity contribution in [1.29, 1.82) is 0 Å². The van der Waals surface area contributed by atoms with Crippen molar-refractivity contribution in [2.24, 2.45) is 5.92 Å². The predicted octanol–water partition coefficient (Wildman–Crippen LogP) is 1.66. The number of hydrogen-bond acceptors (Lipinski definition) is 2. The molecule has 3 nitrogen and oxygen atoms in total. The highest BCUT2D eigenvalue weighted by Crippen LogP contribution is 2.47. The average Bonchev–Trinajstić information content (AvgIpc) is 3.21. The largest absolute Gasteiger partial charge is 0.352 e. The molecule has 0 bridgehead atoms. The molecule has 2 aliphatic rings. The fourth-order valence-electron chi connectivity index (χ4n) is 2.84. The molecule has 1 aromatic rings. The highest BCUT2D eigenvalue weighted by Gasteiger charge is 2.44. The van der Waals surface area contributed by atoms with Crippen LogP contribution in [0.3, 0.4) is 0 Å². The van der Waals surface area contributed by atoms with E-state index in [1.54, 1.807) is 0 Å². The first kappa shape index (κ1) is 11.7. The van der Waals surface area contributed by atoms with Crippen LogP contribution in [0.5, 0.6) is 0 Å². The summed E-state index contributed by atoms with van der Waals surface area (Å²) in [5.74, 6) is 0.898. The van der Waals surface area contributed by atoms with E-state index in [9.17, 15) is 4.79 Å². The third kappa shape index (κ3) is 2.56. The summed E-state index contributed by atoms with van der Waals surface area (Å²) < 4.78 is 0. The van der Waals surface area contributed by atoms with E-state index in [4.69, 9.17) is 0 Å². The van der Waals surface area contributed by atoms with Crippen LogP contribution in [0.1, 0.15) is 30.7 Å². The van der Waals surface area contributed by atoms with E-state index in [0.29, 0.717) is 12.0 Å². The smallest absolute Gasteiger partial charge is 0.224 e. The van der Waals surface area contributed by atoms with Gasteiger partial charge in [0, 0.05) is 18.5 Å². The van der Waals surface area contributed by atoms with Crippen molar-refractivity contribution in [2.45, 2.75) is 31.2 Å². The Balaban J connectivity index is 1.53. The Morgan fingerprint density at radius 3 is 2.83 bits per heavy atom. The van der Waals surface area contributed by atoms with Crippen LogP contribution in [-0.4, -0.2) is 25.0 Å². The lowest BCUT2D eigenvalue weighted by Crippen LogP contribution is -2.46. The van der Waals surface area contributed by atoms with Crippen LogP contribution in [-0.2, 0) is 4.79 Å². The normalized spacial score (nSPS) is 30.8. The molecule has 0 spiro atoms.